The van der Waals surface area contributed by atoms with E-state index in [1.165, 1.54) is 18.9 Å². The number of halogens is 1. The lowest BCUT2D eigenvalue weighted by Gasteiger charge is -2.22. The van der Waals surface area contributed by atoms with Crippen LogP contribution in [0.25, 0.3) is 0 Å². The van der Waals surface area contributed by atoms with Crippen LogP contribution in [0.5, 0.6) is 0 Å². The van der Waals surface area contributed by atoms with Crippen LogP contribution in [0, 0.1) is 5.82 Å². The molecule has 3 nitrogen and oxygen atoms in total. The Balaban J connectivity index is 2.08. The maximum atomic E-state index is 13.5. The third-order valence-corrected chi connectivity index (χ3v) is 3.55. The van der Waals surface area contributed by atoms with Gasteiger partial charge in [0.15, 0.2) is 0 Å². The predicted molar refractivity (Wildman–Crippen MR) is 77.6 cm³/mol. The Kier molecular flexibility index (Phi) is 4.85. The number of methoxy groups -OCH3 is 1. The van der Waals surface area contributed by atoms with Gasteiger partial charge < -0.3 is 10.5 Å². The minimum Gasteiger partial charge on any atom is -0.389 e. The Morgan fingerprint density at radius 2 is 2.26 bits per heavy atom. The van der Waals surface area contributed by atoms with Gasteiger partial charge in [0, 0.05) is 31.8 Å². The minimum atomic E-state index is -0.355. The summed E-state index contributed by atoms with van der Waals surface area (Å²) < 4.78 is 18.7. The molecule has 0 unspecified atom stereocenters. The van der Waals surface area contributed by atoms with E-state index in [2.05, 4.69) is 4.90 Å². The van der Waals surface area contributed by atoms with E-state index in [0.29, 0.717) is 18.2 Å². The second-order valence-electron chi connectivity index (χ2n) is 4.87. The molecule has 19 heavy (non-hydrogen) atoms. The van der Waals surface area contributed by atoms with Crippen LogP contribution in [-0.4, -0.2) is 36.2 Å². The van der Waals surface area contributed by atoms with Crippen LogP contribution < -0.4 is 5.73 Å². The molecular weight excluding hydrogens is 263 g/mol. The second kappa shape index (κ2) is 6.41. The molecule has 0 bridgehead atoms. The van der Waals surface area contributed by atoms with Crippen molar-refractivity contribution < 1.29 is 9.13 Å². The van der Waals surface area contributed by atoms with Crippen molar-refractivity contribution in [3.8, 4) is 0 Å². The molecule has 1 aromatic carbocycles. The van der Waals surface area contributed by atoms with E-state index in [1.807, 2.05) is 0 Å². The van der Waals surface area contributed by atoms with Gasteiger partial charge in [-0.25, -0.2) is 4.39 Å². The highest BCUT2D eigenvalue weighted by molar-refractivity contribution is 7.80. The fraction of sp³-hybridized carbons (Fsp3) is 0.500. The zero-order valence-electron chi connectivity index (χ0n) is 11.1. The number of hydrogen-bond acceptors (Lipinski definition) is 3. The first-order valence-corrected chi connectivity index (χ1v) is 6.84. The van der Waals surface area contributed by atoms with E-state index in [9.17, 15) is 4.39 Å². The Bertz CT molecular complexity index is 463. The van der Waals surface area contributed by atoms with Crippen LogP contribution in [0.4, 0.5) is 4.39 Å². The number of hydrogen-bond donors (Lipinski definition) is 1. The van der Waals surface area contributed by atoms with Crippen molar-refractivity contribution in [3.63, 3.8) is 0 Å². The number of thiocarbonyl (C=S) groups is 1. The molecule has 0 saturated heterocycles. The molecule has 2 rings (SSSR count). The summed E-state index contributed by atoms with van der Waals surface area (Å²) in [5.41, 5.74) is 6.89. The van der Waals surface area contributed by atoms with Crippen LogP contribution in [0.15, 0.2) is 18.2 Å². The molecule has 0 heterocycles. The molecule has 0 radical (unpaired) electrons. The highest BCUT2D eigenvalue weighted by Crippen LogP contribution is 2.28. The largest absolute Gasteiger partial charge is 0.389 e. The molecule has 1 aromatic rings. The molecule has 1 aliphatic rings. The molecule has 2 N–H and O–H groups in total. The van der Waals surface area contributed by atoms with Gasteiger partial charge in [-0.2, -0.15) is 0 Å². The van der Waals surface area contributed by atoms with Crippen molar-refractivity contribution in [1.29, 1.82) is 0 Å². The Labute approximate surface area is 118 Å². The van der Waals surface area contributed by atoms with Crippen LogP contribution in [0.3, 0.4) is 0 Å². The fourth-order valence-corrected chi connectivity index (χ4v) is 2.29. The highest BCUT2D eigenvalue weighted by Gasteiger charge is 2.28. The molecule has 0 aromatic heterocycles. The number of rotatable bonds is 7. The predicted octanol–water partition coefficient (Wildman–Crippen LogP) is 2.07. The molecule has 0 spiro atoms. The van der Waals surface area contributed by atoms with Crippen LogP contribution >= 0.6 is 12.2 Å². The Hall–Kier alpha value is -1.04. The summed E-state index contributed by atoms with van der Waals surface area (Å²) >= 11 is 4.86. The SMILES string of the molecule is COCCN(Cc1ccc(F)c(C(N)=S)c1)C1CC1. The van der Waals surface area contributed by atoms with Crippen LogP contribution in [0.2, 0.25) is 0 Å². The average Bonchev–Trinajstić information content (AvgIpc) is 3.20. The van der Waals surface area contributed by atoms with E-state index in [4.69, 9.17) is 22.7 Å². The maximum Gasteiger partial charge on any atom is 0.133 e. The van der Waals surface area contributed by atoms with Gasteiger partial charge >= 0.3 is 0 Å². The first kappa shape index (κ1) is 14.4. The number of ether oxygens (including phenoxy) is 1. The lowest BCUT2D eigenvalue weighted by Crippen LogP contribution is -2.29. The number of nitrogens with two attached hydrogens (primary N) is 1. The van der Waals surface area contributed by atoms with Crippen molar-refractivity contribution in [2.75, 3.05) is 20.3 Å². The van der Waals surface area contributed by atoms with Crippen molar-refractivity contribution in [2.24, 2.45) is 5.73 Å². The standard InChI is InChI=1S/C14H19FN2OS/c1-18-7-6-17(11-3-4-11)9-10-2-5-13(15)12(8-10)14(16)19/h2,5,8,11H,3-4,6-7,9H2,1H3,(H2,16,19). The molecule has 0 amide bonds. The van der Waals surface area contributed by atoms with Crippen molar-refractivity contribution in [2.45, 2.75) is 25.4 Å². The molecule has 1 aliphatic carbocycles. The molecule has 1 saturated carbocycles. The highest BCUT2D eigenvalue weighted by atomic mass is 32.1. The summed E-state index contributed by atoms with van der Waals surface area (Å²) in [5, 5.41) is 0. The molecule has 5 heteroatoms. The molecular formula is C14H19FN2OS. The normalized spacial score (nSPS) is 14.9. The van der Waals surface area contributed by atoms with Gasteiger partial charge in [-0.3, -0.25) is 4.90 Å². The summed E-state index contributed by atoms with van der Waals surface area (Å²) in [6.07, 6.45) is 2.46. The molecule has 1 fully saturated rings. The zero-order chi connectivity index (χ0) is 13.8. The monoisotopic (exact) mass is 282 g/mol. The van der Waals surface area contributed by atoms with Crippen molar-refractivity contribution in [3.05, 3.63) is 35.1 Å². The molecule has 104 valence electrons. The van der Waals surface area contributed by atoms with Gasteiger partial charge in [0.05, 0.1) is 6.61 Å². The van der Waals surface area contributed by atoms with E-state index >= 15 is 0 Å². The number of benzene rings is 1. The minimum absolute atomic E-state index is 0.106. The fourth-order valence-electron chi connectivity index (χ4n) is 2.13. The van der Waals surface area contributed by atoms with E-state index in [0.717, 1.165) is 18.7 Å². The van der Waals surface area contributed by atoms with Crippen LogP contribution in [0.1, 0.15) is 24.0 Å². The Morgan fingerprint density at radius 3 is 2.84 bits per heavy atom. The summed E-state index contributed by atoms with van der Waals surface area (Å²) in [6, 6.07) is 5.61. The summed E-state index contributed by atoms with van der Waals surface area (Å²) in [7, 11) is 1.70. The Morgan fingerprint density at radius 1 is 1.53 bits per heavy atom. The first-order valence-electron chi connectivity index (χ1n) is 6.43. The third kappa shape index (κ3) is 3.96. The van der Waals surface area contributed by atoms with Crippen molar-refractivity contribution >= 4 is 17.2 Å². The lowest BCUT2D eigenvalue weighted by molar-refractivity contribution is 0.139. The van der Waals surface area contributed by atoms with E-state index in [-0.39, 0.29) is 10.8 Å². The van der Waals surface area contributed by atoms with Gasteiger partial charge in [0.2, 0.25) is 0 Å². The van der Waals surface area contributed by atoms with Crippen molar-refractivity contribution in [1.82, 2.24) is 4.90 Å². The lowest BCUT2D eigenvalue weighted by atomic mass is 10.1. The first-order chi connectivity index (χ1) is 9.11. The van der Waals surface area contributed by atoms with Gasteiger partial charge in [0.1, 0.15) is 10.8 Å². The summed E-state index contributed by atoms with van der Waals surface area (Å²) in [4.78, 5) is 2.47. The summed E-state index contributed by atoms with van der Waals surface area (Å²) in [6.45, 7) is 2.38. The molecule has 0 aliphatic heterocycles. The smallest absolute Gasteiger partial charge is 0.133 e. The third-order valence-electron chi connectivity index (χ3n) is 3.33. The van der Waals surface area contributed by atoms with Gasteiger partial charge in [0.25, 0.3) is 0 Å². The topological polar surface area (TPSA) is 38.5 Å². The average molecular weight is 282 g/mol. The van der Waals surface area contributed by atoms with Gasteiger partial charge in [-0.15, -0.1) is 0 Å². The van der Waals surface area contributed by atoms with Gasteiger partial charge in [-0.1, -0.05) is 18.3 Å². The van der Waals surface area contributed by atoms with E-state index < -0.39 is 0 Å². The van der Waals surface area contributed by atoms with E-state index in [1.54, 1.807) is 19.2 Å². The van der Waals surface area contributed by atoms with Gasteiger partial charge in [-0.05, 0) is 30.5 Å². The zero-order valence-corrected chi connectivity index (χ0v) is 11.9. The van der Waals surface area contributed by atoms with Crippen LogP contribution in [-0.2, 0) is 11.3 Å². The maximum absolute atomic E-state index is 13.5. The quantitative estimate of drug-likeness (QED) is 0.777. The number of nitrogens with zero attached hydrogens (tertiary/aromatic N) is 1. The summed E-state index contributed by atoms with van der Waals surface area (Å²) in [5.74, 6) is -0.355. The second-order valence-corrected chi connectivity index (χ2v) is 5.31. The molecule has 0 atom stereocenters.